The molecule has 3 nitrogen and oxygen atoms in total. The molecule has 26 heavy (non-hydrogen) atoms. The Labute approximate surface area is 173 Å². The monoisotopic (exact) mass is 531 g/mol. The number of aromatic nitrogens is 2. The van der Waals surface area contributed by atoms with Gasteiger partial charge in [0.15, 0.2) is 0 Å². The molecular formula is C22H30N3Pt-. The molecule has 144 valence electrons. The largest absolute Gasteiger partial charge is 0.332 e. The number of aliphatic imine (C=N–C) groups is 1. The van der Waals surface area contributed by atoms with Crippen LogP contribution in [0.25, 0.3) is 17.1 Å². The van der Waals surface area contributed by atoms with Gasteiger partial charge in [-0.05, 0) is 37.1 Å². The molecule has 0 aromatic carbocycles. The van der Waals surface area contributed by atoms with Gasteiger partial charge in [-0.15, -0.1) is 0 Å². The normalized spacial score (nSPS) is 9.46. The summed E-state index contributed by atoms with van der Waals surface area (Å²) in [6, 6.07) is 11.5. The van der Waals surface area contributed by atoms with Gasteiger partial charge in [-0.3, -0.25) is 9.98 Å². The summed E-state index contributed by atoms with van der Waals surface area (Å²) in [7, 11) is 0. The predicted molar refractivity (Wildman–Crippen MR) is 111 cm³/mol. The molecular weight excluding hydrogens is 501 g/mol. The van der Waals surface area contributed by atoms with Crippen LogP contribution >= 0.6 is 0 Å². The van der Waals surface area contributed by atoms with Crippen molar-refractivity contribution in [3.63, 3.8) is 0 Å². The van der Waals surface area contributed by atoms with Gasteiger partial charge in [0.05, 0.1) is 22.8 Å². The van der Waals surface area contributed by atoms with Crippen LogP contribution in [0.5, 0.6) is 0 Å². The summed E-state index contributed by atoms with van der Waals surface area (Å²) in [5, 5.41) is 0. The van der Waals surface area contributed by atoms with E-state index >= 15 is 0 Å². The molecule has 0 bridgehead atoms. The van der Waals surface area contributed by atoms with Crippen molar-refractivity contribution in [2.75, 3.05) is 0 Å². The quantitative estimate of drug-likeness (QED) is 0.254. The Balaban J connectivity index is 0. The van der Waals surface area contributed by atoms with E-state index in [1.165, 1.54) is 12.8 Å². The molecule has 0 amide bonds. The third-order valence-electron chi connectivity index (χ3n) is 2.79. The summed E-state index contributed by atoms with van der Waals surface area (Å²) < 4.78 is 0. The molecule has 2 aromatic heterocycles. The summed E-state index contributed by atoms with van der Waals surface area (Å²) in [4.78, 5) is 12.7. The van der Waals surface area contributed by atoms with Crippen LogP contribution in [0.3, 0.4) is 0 Å². The zero-order valence-electron chi connectivity index (χ0n) is 16.3. The number of allylic oxidation sites excluding steroid dienone is 2. The van der Waals surface area contributed by atoms with Gasteiger partial charge < -0.3 is 6.42 Å². The van der Waals surface area contributed by atoms with Crippen molar-refractivity contribution in [2.45, 2.75) is 40.5 Å². The number of hydrogen-bond donors (Lipinski definition) is 0. The molecule has 0 radical (unpaired) electrons. The maximum absolute atomic E-state index is 4.52. The van der Waals surface area contributed by atoms with Gasteiger partial charge in [0, 0.05) is 27.3 Å². The Morgan fingerprint density at radius 1 is 1.12 bits per heavy atom. The van der Waals surface area contributed by atoms with Crippen LogP contribution in [0.1, 0.15) is 46.2 Å². The second-order valence-corrected chi connectivity index (χ2v) is 5.09. The van der Waals surface area contributed by atoms with Gasteiger partial charge >= 0.3 is 0 Å². The Morgan fingerprint density at radius 2 is 1.73 bits per heavy atom. The maximum atomic E-state index is 4.52. The molecule has 2 heterocycles. The van der Waals surface area contributed by atoms with Crippen LogP contribution in [-0.2, 0) is 21.1 Å². The molecule has 0 atom stereocenters. The zero-order chi connectivity index (χ0) is 18.9. The Hall–Kier alpha value is -1.86. The number of hydrogen-bond acceptors (Lipinski definition) is 3. The molecule has 0 saturated heterocycles. The van der Waals surface area contributed by atoms with E-state index in [4.69, 9.17) is 0 Å². The summed E-state index contributed by atoms with van der Waals surface area (Å²) in [5.74, 6) is 0. The molecule has 0 fully saturated rings. The molecule has 0 N–H and O–H groups in total. The van der Waals surface area contributed by atoms with E-state index in [1.54, 1.807) is 18.3 Å². The van der Waals surface area contributed by atoms with E-state index < -0.39 is 0 Å². The molecule has 0 aliphatic carbocycles. The fraction of sp³-hybridized carbons (Fsp3) is 0.273. The molecule has 4 heteroatoms. The third kappa shape index (κ3) is 10.9. The number of rotatable bonds is 5. The van der Waals surface area contributed by atoms with Gasteiger partial charge in [0.1, 0.15) is 0 Å². The SMILES string of the molecule is C=C/C=C(\N=C)c1cccc(-c2ccccn2)n1.CCC.C[CH-]CC.[Pt]. The van der Waals surface area contributed by atoms with Crippen LogP contribution in [0.15, 0.2) is 66.3 Å². The van der Waals surface area contributed by atoms with E-state index in [1.807, 2.05) is 36.4 Å². The van der Waals surface area contributed by atoms with Crippen molar-refractivity contribution < 1.29 is 21.1 Å². The standard InChI is InChI=1S/C15H13N3.C4H9.C3H8.Pt/c1-3-7-12(16-2)14-9-6-10-15(18-14)13-8-4-5-11-17-13;1-3-4-2;1-3-2;/h3-11H,1-2H2;3H,4H2,1-2H3;3H2,1-2H3;/q;-1;;/b12-7-;;;. The predicted octanol–water partition coefficient (Wildman–Crippen LogP) is 6.41. The van der Waals surface area contributed by atoms with Crippen molar-refractivity contribution >= 4 is 12.4 Å². The van der Waals surface area contributed by atoms with Gasteiger partial charge in [-0.2, -0.15) is 13.3 Å². The zero-order valence-corrected chi connectivity index (χ0v) is 18.5. The first kappa shape index (κ1) is 26.4. The van der Waals surface area contributed by atoms with Gasteiger partial charge in [-0.1, -0.05) is 52.0 Å². The topological polar surface area (TPSA) is 38.1 Å². The maximum Gasteiger partial charge on any atom is 0.0894 e. The van der Waals surface area contributed by atoms with E-state index in [0.29, 0.717) is 5.70 Å². The van der Waals surface area contributed by atoms with E-state index in [-0.39, 0.29) is 21.1 Å². The molecule has 0 unspecified atom stereocenters. The van der Waals surface area contributed by atoms with E-state index in [9.17, 15) is 0 Å². The Morgan fingerprint density at radius 3 is 2.19 bits per heavy atom. The van der Waals surface area contributed by atoms with Crippen molar-refractivity contribution in [1.82, 2.24) is 9.97 Å². The second-order valence-electron chi connectivity index (χ2n) is 5.09. The summed E-state index contributed by atoms with van der Waals surface area (Å²) in [5.41, 5.74) is 3.10. The number of nitrogens with zero attached hydrogens (tertiary/aromatic N) is 3. The minimum Gasteiger partial charge on any atom is -0.332 e. The number of unbranched alkanes of at least 4 members (excludes halogenated alkanes) is 1. The van der Waals surface area contributed by atoms with Crippen molar-refractivity contribution in [1.29, 1.82) is 0 Å². The first-order valence-electron chi connectivity index (χ1n) is 8.64. The van der Waals surface area contributed by atoms with Gasteiger partial charge in [0.2, 0.25) is 0 Å². The minimum atomic E-state index is 0. The fourth-order valence-corrected chi connectivity index (χ4v) is 1.57. The van der Waals surface area contributed by atoms with Crippen LogP contribution in [0, 0.1) is 6.42 Å². The van der Waals surface area contributed by atoms with E-state index in [2.05, 4.69) is 62.4 Å². The van der Waals surface area contributed by atoms with Crippen molar-refractivity contribution in [2.24, 2.45) is 4.99 Å². The van der Waals surface area contributed by atoms with Crippen LogP contribution in [-0.4, -0.2) is 16.7 Å². The molecule has 2 aromatic rings. The number of pyridine rings is 2. The molecule has 2 rings (SSSR count). The first-order valence-corrected chi connectivity index (χ1v) is 8.64. The average molecular weight is 532 g/mol. The molecule has 0 aliphatic heterocycles. The molecule has 0 spiro atoms. The smallest absolute Gasteiger partial charge is 0.0894 e. The molecule has 0 aliphatic rings. The molecule has 0 saturated carbocycles. The summed E-state index contributed by atoms with van der Waals surface area (Å²) in [6.07, 6.45) is 9.76. The van der Waals surface area contributed by atoms with Crippen LogP contribution in [0.2, 0.25) is 0 Å². The summed E-state index contributed by atoms with van der Waals surface area (Å²) >= 11 is 0. The van der Waals surface area contributed by atoms with Crippen molar-refractivity contribution in [3.05, 3.63) is 73.4 Å². The van der Waals surface area contributed by atoms with Gasteiger partial charge in [-0.25, -0.2) is 4.98 Å². The fourth-order valence-electron chi connectivity index (χ4n) is 1.57. The van der Waals surface area contributed by atoms with Crippen LogP contribution in [0.4, 0.5) is 0 Å². The first-order chi connectivity index (χ1) is 12.2. The Kier molecular flexibility index (Phi) is 18.2. The Bertz CT molecular complexity index is 635. The van der Waals surface area contributed by atoms with E-state index in [0.717, 1.165) is 17.1 Å². The van der Waals surface area contributed by atoms with Crippen molar-refractivity contribution in [3.8, 4) is 11.4 Å². The van der Waals surface area contributed by atoms with Crippen LogP contribution < -0.4 is 0 Å². The second kappa shape index (κ2) is 17.9. The summed E-state index contributed by atoms with van der Waals surface area (Å²) in [6.45, 7) is 15.6. The average Bonchev–Trinajstić information content (AvgIpc) is 2.67. The van der Waals surface area contributed by atoms with Gasteiger partial charge in [0.25, 0.3) is 0 Å². The minimum absolute atomic E-state index is 0. The third-order valence-corrected chi connectivity index (χ3v) is 2.79.